The van der Waals surface area contributed by atoms with Crippen LogP contribution in [0.1, 0.15) is 12.8 Å². The van der Waals surface area contributed by atoms with Crippen LogP contribution in [-0.2, 0) is 4.74 Å². The van der Waals surface area contributed by atoms with Gasteiger partial charge in [-0.05, 0) is 39.5 Å². The molecule has 1 N–H and O–H groups in total. The molecule has 2 aliphatic heterocycles. The number of likely N-dealkylation sites (tertiary alicyclic amines) is 1. The second-order valence-corrected chi connectivity index (χ2v) is 4.88. The van der Waals surface area contributed by atoms with Crippen LogP contribution in [0, 0.1) is 0 Å². The minimum Gasteiger partial charge on any atom is -0.379 e. The Hall–Kier alpha value is -0.160. The molecule has 2 fully saturated rings. The molecule has 2 saturated heterocycles. The number of hydrogen-bond acceptors (Lipinski definition) is 4. The molecule has 0 aliphatic carbocycles. The third-order valence-corrected chi connectivity index (χ3v) is 3.73. The highest BCUT2D eigenvalue weighted by Gasteiger charge is 2.20. The van der Waals surface area contributed by atoms with Gasteiger partial charge in [0, 0.05) is 25.7 Å². The molecule has 1 unspecified atom stereocenters. The lowest BCUT2D eigenvalue weighted by molar-refractivity contribution is 0.0364. The fraction of sp³-hybridized carbons (Fsp3) is 1.00. The second-order valence-electron chi connectivity index (χ2n) is 4.88. The normalized spacial score (nSPS) is 28.7. The predicted octanol–water partition coefficient (Wildman–Crippen LogP) is 0.00240. The van der Waals surface area contributed by atoms with E-state index >= 15 is 0 Å². The van der Waals surface area contributed by atoms with Crippen molar-refractivity contribution in [2.24, 2.45) is 0 Å². The fourth-order valence-electron chi connectivity index (χ4n) is 2.61. The highest BCUT2D eigenvalue weighted by molar-refractivity contribution is 4.79. The maximum atomic E-state index is 5.35. The van der Waals surface area contributed by atoms with E-state index in [4.69, 9.17) is 4.74 Å². The van der Waals surface area contributed by atoms with E-state index in [1.165, 1.54) is 39.0 Å². The van der Waals surface area contributed by atoms with Crippen molar-refractivity contribution in [3.05, 3.63) is 0 Å². The van der Waals surface area contributed by atoms with Crippen LogP contribution in [0.25, 0.3) is 0 Å². The van der Waals surface area contributed by atoms with E-state index in [2.05, 4.69) is 22.2 Å². The van der Waals surface area contributed by atoms with Crippen molar-refractivity contribution in [1.29, 1.82) is 0 Å². The van der Waals surface area contributed by atoms with Crippen LogP contribution in [0.5, 0.6) is 0 Å². The van der Waals surface area contributed by atoms with E-state index < -0.39 is 0 Å². The first-order chi connectivity index (χ1) is 7.88. The van der Waals surface area contributed by atoms with Gasteiger partial charge < -0.3 is 15.0 Å². The number of ether oxygens (including phenoxy) is 1. The Bertz CT molecular complexity index is 195. The standard InChI is InChI=1S/C12H25N3O/c1-13-12-3-6-15(11-12)5-2-4-14-7-9-16-10-8-14/h12-13H,2-11H2,1H3. The Morgan fingerprint density at radius 2 is 1.88 bits per heavy atom. The average Bonchev–Trinajstić information content (AvgIpc) is 2.78. The van der Waals surface area contributed by atoms with Crippen LogP contribution in [0.4, 0.5) is 0 Å². The van der Waals surface area contributed by atoms with E-state index in [-0.39, 0.29) is 0 Å². The number of nitrogens with zero attached hydrogens (tertiary/aromatic N) is 2. The number of rotatable bonds is 5. The van der Waals surface area contributed by atoms with Crippen LogP contribution in [0.2, 0.25) is 0 Å². The van der Waals surface area contributed by atoms with Gasteiger partial charge in [-0.2, -0.15) is 0 Å². The Balaban J connectivity index is 1.54. The topological polar surface area (TPSA) is 27.7 Å². The molecule has 0 amide bonds. The molecule has 16 heavy (non-hydrogen) atoms. The molecule has 0 bridgehead atoms. The van der Waals surface area contributed by atoms with Gasteiger partial charge in [0.2, 0.25) is 0 Å². The minimum atomic E-state index is 0.725. The Morgan fingerprint density at radius 3 is 2.56 bits per heavy atom. The lowest BCUT2D eigenvalue weighted by Gasteiger charge is -2.27. The van der Waals surface area contributed by atoms with Crippen molar-refractivity contribution < 1.29 is 4.74 Å². The fourth-order valence-corrected chi connectivity index (χ4v) is 2.61. The van der Waals surface area contributed by atoms with Crippen LogP contribution in [0.3, 0.4) is 0 Å². The van der Waals surface area contributed by atoms with Crippen LogP contribution < -0.4 is 5.32 Å². The maximum absolute atomic E-state index is 5.35. The lowest BCUT2D eigenvalue weighted by Crippen LogP contribution is -2.38. The second kappa shape index (κ2) is 6.55. The van der Waals surface area contributed by atoms with Gasteiger partial charge in [-0.1, -0.05) is 0 Å². The van der Waals surface area contributed by atoms with E-state index in [9.17, 15) is 0 Å². The van der Waals surface area contributed by atoms with Crippen molar-refractivity contribution in [3.63, 3.8) is 0 Å². The van der Waals surface area contributed by atoms with Gasteiger partial charge in [0.1, 0.15) is 0 Å². The van der Waals surface area contributed by atoms with Crippen molar-refractivity contribution in [1.82, 2.24) is 15.1 Å². The van der Waals surface area contributed by atoms with Crippen molar-refractivity contribution in [2.75, 3.05) is 59.5 Å². The molecule has 4 heteroatoms. The highest BCUT2D eigenvalue weighted by atomic mass is 16.5. The van der Waals surface area contributed by atoms with Crippen molar-refractivity contribution in [2.45, 2.75) is 18.9 Å². The molecule has 94 valence electrons. The predicted molar refractivity (Wildman–Crippen MR) is 65.8 cm³/mol. The third kappa shape index (κ3) is 3.70. The molecule has 0 aromatic carbocycles. The molecule has 2 heterocycles. The molecular weight excluding hydrogens is 202 g/mol. The molecule has 4 nitrogen and oxygen atoms in total. The molecular formula is C12H25N3O. The summed E-state index contributed by atoms with van der Waals surface area (Å²) in [5, 5.41) is 3.37. The minimum absolute atomic E-state index is 0.725. The van der Waals surface area contributed by atoms with E-state index in [0.717, 1.165) is 32.3 Å². The van der Waals surface area contributed by atoms with Crippen molar-refractivity contribution >= 4 is 0 Å². The molecule has 2 rings (SSSR count). The van der Waals surface area contributed by atoms with Crippen LogP contribution in [-0.4, -0.2) is 75.4 Å². The summed E-state index contributed by atoms with van der Waals surface area (Å²) in [4.78, 5) is 5.11. The zero-order chi connectivity index (χ0) is 11.2. The van der Waals surface area contributed by atoms with Crippen molar-refractivity contribution in [3.8, 4) is 0 Å². The molecule has 0 saturated carbocycles. The lowest BCUT2D eigenvalue weighted by atomic mass is 10.3. The maximum Gasteiger partial charge on any atom is 0.0594 e. The summed E-state index contributed by atoms with van der Waals surface area (Å²) >= 11 is 0. The molecule has 0 aromatic heterocycles. The van der Waals surface area contributed by atoms with Gasteiger partial charge in [-0.3, -0.25) is 4.90 Å². The Kier molecular flexibility index (Phi) is 5.03. The highest BCUT2D eigenvalue weighted by Crippen LogP contribution is 2.09. The smallest absolute Gasteiger partial charge is 0.0594 e. The van der Waals surface area contributed by atoms with E-state index in [1.54, 1.807) is 0 Å². The number of likely N-dealkylation sites (N-methyl/N-ethyl adjacent to an activating group) is 1. The summed E-state index contributed by atoms with van der Waals surface area (Å²) in [5.74, 6) is 0. The van der Waals surface area contributed by atoms with Gasteiger partial charge >= 0.3 is 0 Å². The number of hydrogen-bond donors (Lipinski definition) is 1. The first-order valence-electron chi connectivity index (χ1n) is 6.58. The summed E-state index contributed by atoms with van der Waals surface area (Å²) in [5.41, 5.74) is 0. The van der Waals surface area contributed by atoms with Gasteiger partial charge in [0.05, 0.1) is 13.2 Å². The third-order valence-electron chi connectivity index (χ3n) is 3.73. The summed E-state index contributed by atoms with van der Waals surface area (Å²) in [6.45, 7) is 9.10. The summed E-state index contributed by atoms with van der Waals surface area (Å²) in [6, 6.07) is 0.725. The van der Waals surface area contributed by atoms with E-state index in [1.807, 2.05) is 0 Å². The number of morpholine rings is 1. The van der Waals surface area contributed by atoms with Gasteiger partial charge in [-0.25, -0.2) is 0 Å². The monoisotopic (exact) mass is 227 g/mol. The van der Waals surface area contributed by atoms with Gasteiger partial charge in [0.15, 0.2) is 0 Å². The number of nitrogens with one attached hydrogen (secondary N) is 1. The zero-order valence-electron chi connectivity index (χ0n) is 10.5. The quantitative estimate of drug-likeness (QED) is 0.716. The Morgan fingerprint density at radius 1 is 1.12 bits per heavy atom. The molecule has 0 radical (unpaired) electrons. The molecule has 0 aromatic rings. The summed E-state index contributed by atoms with van der Waals surface area (Å²) in [6.07, 6.45) is 2.62. The SMILES string of the molecule is CNC1CCN(CCCN2CCOCC2)C1. The molecule has 1 atom stereocenters. The van der Waals surface area contributed by atoms with Gasteiger partial charge in [-0.15, -0.1) is 0 Å². The largest absolute Gasteiger partial charge is 0.379 e. The first-order valence-corrected chi connectivity index (χ1v) is 6.58. The van der Waals surface area contributed by atoms with Crippen LogP contribution >= 0.6 is 0 Å². The molecule has 2 aliphatic rings. The van der Waals surface area contributed by atoms with E-state index in [0.29, 0.717) is 0 Å². The van der Waals surface area contributed by atoms with Gasteiger partial charge in [0.25, 0.3) is 0 Å². The Labute approximate surface area is 98.9 Å². The summed E-state index contributed by atoms with van der Waals surface area (Å²) in [7, 11) is 2.07. The molecule has 0 spiro atoms. The average molecular weight is 227 g/mol. The zero-order valence-corrected chi connectivity index (χ0v) is 10.5. The first kappa shape index (κ1) is 12.3. The van der Waals surface area contributed by atoms with Crippen LogP contribution in [0.15, 0.2) is 0 Å². The summed E-state index contributed by atoms with van der Waals surface area (Å²) < 4.78 is 5.35.